The number of aromatic carboxylic acids is 1. The van der Waals surface area contributed by atoms with Crippen molar-refractivity contribution in [1.82, 2.24) is 4.57 Å². The first-order valence-corrected chi connectivity index (χ1v) is 5.17. The molecular formula is C12H8ClNO3. The number of aldehydes is 1. The maximum Gasteiger partial charge on any atom is 0.337 e. The molecule has 0 saturated heterocycles. The van der Waals surface area contributed by atoms with Crippen LogP contribution in [-0.4, -0.2) is 21.9 Å². The molecule has 0 spiro atoms. The van der Waals surface area contributed by atoms with Crippen LogP contribution < -0.4 is 0 Å². The Morgan fingerprint density at radius 3 is 2.76 bits per heavy atom. The summed E-state index contributed by atoms with van der Waals surface area (Å²) in [6.45, 7) is 0. The Bertz CT molecular complexity index is 589. The summed E-state index contributed by atoms with van der Waals surface area (Å²) in [5.74, 6) is -1.07. The number of halogens is 1. The van der Waals surface area contributed by atoms with Crippen molar-refractivity contribution in [3.8, 4) is 5.69 Å². The molecule has 0 aliphatic rings. The van der Waals surface area contributed by atoms with Crippen LogP contribution in [0.4, 0.5) is 0 Å². The summed E-state index contributed by atoms with van der Waals surface area (Å²) in [4.78, 5) is 21.9. The minimum atomic E-state index is -1.07. The number of carbonyl (C=O) groups excluding carboxylic acids is 1. The van der Waals surface area contributed by atoms with Crippen molar-refractivity contribution in [3.63, 3.8) is 0 Å². The van der Waals surface area contributed by atoms with E-state index < -0.39 is 5.97 Å². The zero-order valence-electron chi connectivity index (χ0n) is 8.63. The highest BCUT2D eigenvalue weighted by atomic mass is 35.5. The van der Waals surface area contributed by atoms with Gasteiger partial charge in [0.05, 0.1) is 16.9 Å². The summed E-state index contributed by atoms with van der Waals surface area (Å²) >= 11 is 5.84. The Balaban J connectivity index is 2.69. The van der Waals surface area contributed by atoms with Gasteiger partial charge >= 0.3 is 5.97 Å². The lowest BCUT2D eigenvalue weighted by Crippen LogP contribution is -2.06. The molecule has 2 rings (SSSR count). The van der Waals surface area contributed by atoms with E-state index >= 15 is 0 Å². The number of carboxylic acids is 1. The molecule has 0 bridgehead atoms. The second-order valence-electron chi connectivity index (χ2n) is 3.39. The molecule has 17 heavy (non-hydrogen) atoms. The third-order valence-electron chi connectivity index (χ3n) is 2.35. The van der Waals surface area contributed by atoms with Gasteiger partial charge in [-0.1, -0.05) is 11.6 Å². The standard InChI is InChI=1S/C12H8ClNO3/c13-8-3-4-10(12(16)17)11(6-8)14-5-1-2-9(14)7-15/h1-7H,(H,16,17). The van der Waals surface area contributed by atoms with E-state index in [0.29, 0.717) is 22.7 Å². The fourth-order valence-electron chi connectivity index (χ4n) is 1.59. The number of hydrogen-bond acceptors (Lipinski definition) is 2. The van der Waals surface area contributed by atoms with E-state index in [1.165, 1.54) is 22.8 Å². The van der Waals surface area contributed by atoms with E-state index in [1.54, 1.807) is 18.3 Å². The van der Waals surface area contributed by atoms with Gasteiger partial charge in [0.15, 0.2) is 6.29 Å². The maximum atomic E-state index is 11.1. The summed E-state index contributed by atoms with van der Waals surface area (Å²) in [5.41, 5.74) is 0.834. The van der Waals surface area contributed by atoms with Gasteiger partial charge in [-0.2, -0.15) is 0 Å². The van der Waals surface area contributed by atoms with Crippen LogP contribution in [0, 0.1) is 0 Å². The lowest BCUT2D eigenvalue weighted by Gasteiger charge is -2.09. The van der Waals surface area contributed by atoms with E-state index in [1.807, 2.05) is 0 Å². The predicted molar refractivity (Wildman–Crippen MR) is 63.1 cm³/mol. The molecule has 1 aromatic heterocycles. The highest BCUT2D eigenvalue weighted by molar-refractivity contribution is 6.30. The highest BCUT2D eigenvalue weighted by Crippen LogP contribution is 2.21. The van der Waals surface area contributed by atoms with Gasteiger partial charge < -0.3 is 9.67 Å². The molecule has 1 heterocycles. The van der Waals surface area contributed by atoms with Crippen LogP contribution in [0.5, 0.6) is 0 Å². The highest BCUT2D eigenvalue weighted by Gasteiger charge is 2.13. The molecule has 86 valence electrons. The SMILES string of the molecule is O=Cc1cccn1-c1cc(Cl)ccc1C(=O)O. The fourth-order valence-corrected chi connectivity index (χ4v) is 1.76. The van der Waals surface area contributed by atoms with Crippen LogP contribution in [0.25, 0.3) is 5.69 Å². The minimum Gasteiger partial charge on any atom is -0.478 e. The average Bonchev–Trinajstić information content (AvgIpc) is 2.76. The van der Waals surface area contributed by atoms with Crippen LogP contribution in [0.1, 0.15) is 20.8 Å². The van der Waals surface area contributed by atoms with E-state index in [0.717, 1.165) is 0 Å². The van der Waals surface area contributed by atoms with Crippen molar-refractivity contribution in [1.29, 1.82) is 0 Å². The Morgan fingerprint density at radius 2 is 2.12 bits per heavy atom. The number of aromatic nitrogens is 1. The zero-order chi connectivity index (χ0) is 12.4. The van der Waals surface area contributed by atoms with E-state index in [-0.39, 0.29) is 5.56 Å². The van der Waals surface area contributed by atoms with Gasteiger partial charge in [0.25, 0.3) is 0 Å². The third-order valence-corrected chi connectivity index (χ3v) is 2.59. The van der Waals surface area contributed by atoms with Gasteiger partial charge in [-0.3, -0.25) is 4.79 Å². The predicted octanol–water partition coefficient (Wildman–Crippen LogP) is 2.64. The molecule has 0 aliphatic heterocycles. The first-order valence-electron chi connectivity index (χ1n) is 4.79. The molecule has 5 heteroatoms. The van der Waals surface area contributed by atoms with Gasteiger partial charge in [-0.15, -0.1) is 0 Å². The summed E-state index contributed by atoms with van der Waals surface area (Å²) < 4.78 is 1.49. The summed E-state index contributed by atoms with van der Waals surface area (Å²) in [6, 6.07) is 7.68. The monoisotopic (exact) mass is 249 g/mol. The molecule has 2 aromatic rings. The zero-order valence-corrected chi connectivity index (χ0v) is 9.39. The molecule has 0 fully saturated rings. The van der Waals surface area contributed by atoms with Crippen LogP contribution in [0.2, 0.25) is 5.02 Å². The maximum absolute atomic E-state index is 11.1. The molecule has 0 saturated carbocycles. The van der Waals surface area contributed by atoms with E-state index in [9.17, 15) is 9.59 Å². The molecule has 0 radical (unpaired) electrons. The Morgan fingerprint density at radius 1 is 1.35 bits per heavy atom. The second kappa shape index (κ2) is 4.43. The molecule has 0 amide bonds. The number of benzene rings is 1. The Kier molecular flexibility index (Phi) is 2.97. The van der Waals surface area contributed by atoms with Gasteiger partial charge in [0, 0.05) is 11.2 Å². The lowest BCUT2D eigenvalue weighted by molar-refractivity contribution is 0.0696. The van der Waals surface area contributed by atoms with Crippen molar-refractivity contribution in [2.24, 2.45) is 0 Å². The van der Waals surface area contributed by atoms with Crippen LogP contribution >= 0.6 is 11.6 Å². The third kappa shape index (κ3) is 2.07. The van der Waals surface area contributed by atoms with E-state index in [4.69, 9.17) is 16.7 Å². The molecule has 1 aromatic carbocycles. The number of carboxylic acid groups (broad SMARTS) is 1. The molecule has 4 nitrogen and oxygen atoms in total. The average molecular weight is 250 g/mol. The fraction of sp³-hybridized carbons (Fsp3) is 0. The number of hydrogen-bond donors (Lipinski definition) is 1. The van der Waals surface area contributed by atoms with Gasteiger partial charge in [-0.25, -0.2) is 4.79 Å². The molecule has 1 N–H and O–H groups in total. The molecule has 0 unspecified atom stereocenters. The number of nitrogens with zero attached hydrogens (tertiary/aromatic N) is 1. The molecule has 0 aliphatic carbocycles. The molecule has 0 atom stereocenters. The number of rotatable bonds is 3. The normalized spacial score (nSPS) is 10.2. The van der Waals surface area contributed by atoms with Crippen LogP contribution in [0.3, 0.4) is 0 Å². The summed E-state index contributed by atoms with van der Waals surface area (Å²) in [5, 5.41) is 9.49. The summed E-state index contributed by atoms with van der Waals surface area (Å²) in [7, 11) is 0. The van der Waals surface area contributed by atoms with Crippen molar-refractivity contribution in [2.45, 2.75) is 0 Å². The second-order valence-corrected chi connectivity index (χ2v) is 3.82. The first kappa shape index (κ1) is 11.4. The molecular weight excluding hydrogens is 242 g/mol. The van der Waals surface area contributed by atoms with Crippen molar-refractivity contribution >= 4 is 23.9 Å². The quantitative estimate of drug-likeness (QED) is 0.851. The smallest absolute Gasteiger partial charge is 0.337 e. The topological polar surface area (TPSA) is 59.3 Å². The van der Waals surface area contributed by atoms with Gasteiger partial charge in [-0.05, 0) is 30.3 Å². The van der Waals surface area contributed by atoms with Crippen molar-refractivity contribution in [3.05, 3.63) is 52.8 Å². The Labute approximate surface area is 102 Å². The van der Waals surface area contributed by atoms with Crippen LogP contribution in [0.15, 0.2) is 36.5 Å². The van der Waals surface area contributed by atoms with Crippen molar-refractivity contribution < 1.29 is 14.7 Å². The van der Waals surface area contributed by atoms with Crippen LogP contribution in [-0.2, 0) is 0 Å². The first-order chi connectivity index (χ1) is 8.13. The van der Waals surface area contributed by atoms with E-state index in [2.05, 4.69) is 0 Å². The van der Waals surface area contributed by atoms with Crippen molar-refractivity contribution in [2.75, 3.05) is 0 Å². The number of carbonyl (C=O) groups is 2. The van der Waals surface area contributed by atoms with Gasteiger partial charge in [0.2, 0.25) is 0 Å². The minimum absolute atomic E-state index is 0.0914. The Hall–Kier alpha value is -2.07. The van der Waals surface area contributed by atoms with Gasteiger partial charge in [0.1, 0.15) is 0 Å². The summed E-state index contributed by atoms with van der Waals surface area (Å²) in [6.07, 6.45) is 2.27. The largest absolute Gasteiger partial charge is 0.478 e. The lowest BCUT2D eigenvalue weighted by atomic mass is 10.1.